The maximum Gasteiger partial charge on any atom is 0.226 e. The molecular weight excluding hydrogens is 226 g/mol. The van der Waals surface area contributed by atoms with Crippen LogP contribution in [0.3, 0.4) is 0 Å². The molecule has 0 aromatic carbocycles. The van der Waals surface area contributed by atoms with Gasteiger partial charge in [-0.25, -0.2) is 9.67 Å². The minimum absolute atomic E-state index is 0.134. The zero-order valence-corrected chi connectivity index (χ0v) is 10.5. The summed E-state index contributed by atoms with van der Waals surface area (Å²) in [6.07, 6.45) is 1.75. The van der Waals surface area contributed by atoms with Crippen LogP contribution in [0.15, 0.2) is 6.20 Å². The second-order valence-corrected chi connectivity index (χ2v) is 4.89. The summed E-state index contributed by atoms with van der Waals surface area (Å²) in [6.45, 7) is 6.19. The zero-order valence-electron chi connectivity index (χ0n) is 9.74. The van der Waals surface area contributed by atoms with Gasteiger partial charge < -0.3 is 5.32 Å². The number of nitrogens with zero attached hydrogens (tertiary/aromatic N) is 4. The summed E-state index contributed by atoms with van der Waals surface area (Å²) in [5.74, 6) is 0.700. The van der Waals surface area contributed by atoms with Crippen molar-refractivity contribution in [3.8, 4) is 0 Å². The third-order valence-corrected chi connectivity index (χ3v) is 2.44. The Balaban J connectivity index is 2.77. The van der Waals surface area contributed by atoms with E-state index >= 15 is 0 Å². The molecule has 2 aromatic heterocycles. The average molecular weight is 240 g/mol. The Labute approximate surface area is 98.8 Å². The number of anilines is 1. The molecule has 0 atom stereocenters. The van der Waals surface area contributed by atoms with Crippen LogP contribution in [0, 0.1) is 0 Å². The summed E-state index contributed by atoms with van der Waals surface area (Å²) in [5.41, 5.74) is 0.613. The van der Waals surface area contributed by atoms with Crippen LogP contribution in [-0.2, 0) is 5.54 Å². The van der Waals surface area contributed by atoms with Gasteiger partial charge in [-0.2, -0.15) is 10.1 Å². The zero-order chi connectivity index (χ0) is 11.9. The highest BCUT2D eigenvalue weighted by Gasteiger charge is 2.20. The Morgan fingerprint density at radius 2 is 2.00 bits per heavy atom. The Hall–Kier alpha value is -1.36. The molecule has 0 saturated carbocycles. The van der Waals surface area contributed by atoms with Crippen molar-refractivity contribution < 1.29 is 0 Å². The molecule has 0 fully saturated rings. The molecule has 0 aliphatic heterocycles. The van der Waals surface area contributed by atoms with Gasteiger partial charge in [0.1, 0.15) is 5.82 Å². The number of hydrogen-bond acceptors (Lipinski definition) is 4. The molecule has 16 heavy (non-hydrogen) atoms. The number of halogens is 1. The van der Waals surface area contributed by atoms with Crippen molar-refractivity contribution in [3.05, 3.63) is 11.5 Å². The summed E-state index contributed by atoms with van der Waals surface area (Å²) in [5, 5.41) is 8.42. The average Bonchev–Trinajstić information content (AvgIpc) is 2.58. The van der Waals surface area contributed by atoms with Gasteiger partial charge in [0.2, 0.25) is 5.28 Å². The molecule has 0 amide bonds. The predicted molar refractivity (Wildman–Crippen MR) is 64.9 cm³/mol. The van der Waals surface area contributed by atoms with E-state index in [0.29, 0.717) is 5.82 Å². The summed E-state index contributed by atoms with van der Waals surface area (Å²) in [4.78, 5) is 8.33. The third kappa shape index (κ3) is 1.71. The lowest BCUT2D eigenvalue weighted by Crippen LogP contribution is -2.23. The highest BCUT2D eigenvalue weighted by molar-refractivity contribution is 6.28. The van der Waals surface area contributed by atoms with Crippen molar-refractivity contribution in [2.75, 3.05) is 12.4 Å². The Morgan fingerprint density at radius 1 is 1.31 bits per heavy atom. The topological polar surface area (TPSA) is 55.6 Å². The fourth-order valence-corrected chi connectivity index (χ4v) is 1.73. The molecule has 5 nitrogen and oxygen atoms in total. The maximum atomic E-state index is 5.88. The maximum absolute atomic E-state index is 5.88. The van der Waals surface area contributed by atoms with Gasteiger partial charge in [0.25, 0.3) is 0 Å². The second kappa shape index (κ2) is 3.59. The summed E-state index contributed by atoms with van der Waals surface area (Å²) in [7, 11) is 1.80. The van der Waals surface area contributed by atoms with Gasteiger partial charge in [0.15, 0.2) is 5.65 Å². The molecule has 1 N–H and O–H groups in total. The number of aromatic nitrogens is 4. The van der Waals surface area contributed by atoms with Crippen molar-refractivity contribution in [3.63, 3.8) is 0 Å². The lowest BCUT2D eigenvalue weighted by molar-refractivity contribution is 0.366. The van der Waals surface area contributed by atoms with Gasteiger partial charge in [0.05, 0.1) is 17.1 Å². The lowest BCUT2D eigenvalue weighted by Gasteiger charge is -2.19. The van der Waals surface area contributed by atoms with Crippen LogP contribution in [0.1, 0.15) is 20.8 Å². The quantitative estimate of drug-likeness (QED) is 0.776. The van der Waals surface area contributed by atoms with E-state index in [1.54, 1.807) is 13.2 Å². The van der Waals surface area contributed by atoms with Crippen LogP contribution in [0.2, 0.25) is 5.28 Å². The minimum atomic E-state index is -0.134. The van der Waals surface area contributed by atoms with E-state index in [0.717, 1.165) is 11.0 Å². The first-order valence-electron chi connectivity index (χ1n) is 5.03. The lowest BCUT2D eigenvalue weighted by atomic mass is 10.1. The van der Waals surface area contributed by atoms with Gasteiger partial charge in [0, 0.05) is 7.05 Å². The van der Waals surface area contributed by atoms with E-state index in [2.05, 4.69) is 41.2 Å². The van der Waals surface area contributed by atoms with Crippen molar-refractivity contribution in [2.24, 2.45) is 0 Å². The second-order valence-electron chi connectivity index (χ2n) is 4.56. The molecule has 6 heteroatoms. The largest absolute Gasteiger partial charge is 0.372 e. The molecule has 0 radical (unpaired) electrons. The van der Waals surface area contributed by atoms with Crippen LogP contribution in [0.5, 0.6) is 0 Å². The van der Waals surface area contributed by atoms with Gasteiger partial charge in [-0.15, -0.1) is 0 Å². The molecule has 0 unspecified atom stereocenters. The third-order valence-electron chi connectivity index (χ3n) is 2.27. The summed E-state index contributed by atoms with van der Waals surface area (Å²) in [6, 6.07) is 0. The van der Waals surface area contributed by atoms with Gasteiger partial charge in [-0.1, -0.05) is 0 Å². The molecule has 2 heterocycles. The van der Waals surface area contributed by atoms with Gasteiger partial charge >= 0.3 is 0 Å². The SMILES string of the molecule is CNc1nc(Cl)nc2c1cnn2C(C)(C)C. The van der Waals surface area contributed by atoms with E-state index in [9.17, 15) is 0 Å². The predicted octanol–water partition coefficient (Wildman–Crippen LogP) is 2.28. The molecule has 0 aliphatic carbocycles. The van der Waals surface area contributed by atoms with Crippen molar-refractivity contribution in [1.29, 1.82) is 0 Å². The van der Waals surface area contributed by atoms with Crippen LogP contribution in [0.4, 0.5) is 5.82 Å². The number of nitrogens with one attached hydrogen (secondary N) is 1. The Morgan fingerprint density at radius 3 is 2.56 bits per heavy atom. The van der Waals surface area contributed by atoms with E-state index in [1.807, 2.05) is 4.68 Å². The van der Waals surface area contributed by atoms with E-state index in [-0.39, 0.29) is 10.8 Å². The smallest absolute Gasteiger partial charge is 0.226 e. The highest BCUT2D eigenvalue weighted by atomic mass is 35.5. The Kier molecular flexibility index (Phi) is 2.50. The standard InChI is InChI=1S/C10H14ClN5/c1-10(2,3)16-8-6(5-13-16)7(12-4)14-9(11)15-8/h5H,1-4H3,(H,12,14,15). The molecule has 2 rings (SSSR count). The summed E-state index contributed by atoms with van der Waals surface area (Å²) >= 11 is 5.88. The van der Waals surface area contributed by atoms with E-state index < -0.39 is 0 Å². The monoisotopic (exact) mass is 239 g/mol. The molecule has 0 aliphatic rings. The van der Waals surface area contributed by atoms with E-state index in [1.165, 1.54) is 0 Å². The molecule has 2 aromatic rings. The minimum Gasteiger partial charge on any atom is -0.372 e. The van der Waals surface area contributed by atoms with Gasteiger partial charge in [-0.3, -0.25) is 0 Å². The molecule has 0 bridgehead atoms. The van der Waals surface area contributed by atoms with Crippen molar-refractivity contribution >= 4 is 28.5 Å². The first kappa shape index (κ1) is 11.1. The fourth-order valence-electron chi connectivity index (χ4n) is 1.56. The number of fused-ring (bicyclic) bond motifs is 1. The van der Waals surface area contributed by atoms with Crippen LogP contribution < -0.4 is 5.32 Å². The Bertz CT molecular complexity index is 526. The normalized spacial score (nSPS) is 12.1. The first-order valence-corrected chi connectivity index (χ1v) is 5.41. The first-order chi connectivity index (χ1) is 7.43. The number of hydrogen-bond donors (Lipinski definition) is 1. The van der Waals surface area contributed by atoms with Crippen LogP contribution in [-0.4, -0.2) is 26.8 Å². The molecule has 0 saturated heterocycles. The molecular formula is C10H14ClN5. The van der Waals surface area contributed by atoms with Crippen LogP contribution >= 0.6 is 11.6 Å². The van der Waals surface area contributed by atoms with Crippen molar-refractivity contribution in [2.45, 2.75) is 26.3 Å². The van der Waals surface area contributed by atoms with E-state index in [4.69, 9.17) is 11.6 Å². The number of rotatable bonds is 1. The molecule has 86 valence electrons. The van der Waals surface area contributed by atoms with Gasteiger partial charge in [-0.05, 0) is 32.4 Å². The summed E-state index contributed by atoms with van der Waals surface area (Å²) < 4.78 is 1.84. The highest BCUT2D eigenvalue weighted by Crippen LogP contribution is 2.25. The fraction of sp³-hybridized carbons (Fsp3) is 0.500. The van der Waals surface area contributed by atoms with Crippen molar-refractivity contribution in [1.82, 2.24) is 19.7 Å². The van der Waals surface area contributed by atoms with Crippen LogP contribution in [0.25, 0.3) is 11.0 Å². The molecule has 0 spiro atoms.